The number of ether oxygens (including phenoxy) is 2. The Morgan fingerprint density at radius 1 is 0.829 bits per heavy atom. The number of hydrogen-bond donors (Lipinski definition) is 4. The quantitative estimate of drug-likeness (QED) is 0.310. The molecule has 4 rings (SSSR count). The van der Waals surface area contributed by atoms with Gasteiger partial charge in [0, 0.05) is 63.5 Å². The first-order valence-corrected chi connectivity index (χ1v) is 16.4. The second kappa shape index (κ2) is 16.9. The molecule has 201 valence electrons. The predicted octanol–water partition coefficient (Wildman–Crippen LogP) is 4.13. The fourth-order valence-electron chi connectivity index (χ4n) is 5.37. The molecule has 2 bridgehead atoms. The van der Waals surface area contributed by atoms with Crippen molar-refractivity contribution in [2.45, 2.75) is 88.6 Å². The molecule has 1 aromatic heterocycles. The number of nitrogens with zero attached hydrogens (tertiary/aromatic N) is 1. The molecule has 0 saturated heterocycles. The molecule has 1 aliphatic heterocycles. The van der Waals surface area contributed by atoms with E-state index in [0.717, 1.165) is 30.2 Å². The van der Waals surface area contributed by atoms with Crippen molar-refractivity contribution in [1.29, 1.82) is 0 Å². The van der Waals surface area contributed by atoms with Crippen LogP contribution in [0.15, 0.2) is 6.07 Å². The Morgan fingerprint density at radius 3 is 1.83 bits per heavy atom. The molecular weight excluding hydrogens is 552 g/mol. The number of aromatic nitrogens is 1. The van der Waals surface area contributed by atoms with E-state index in [9.17, 15) is 0 Å². The van der Waals surface area contributed by atoms with Crippen molar-refractivity contribution >= 4 is 31.8 Å². The van der Waals surface area contributed by atoms with Crippen LogP contribution in [0.3, 0.4) is 0 Å². The van der Waals surface area contributed by atoms with E-state index in [1.807, 2.05) is 6.07 Å². The van der Waals surface area contributed by atoms with Gasteiger partial charge in [0.15, 0.2) is 0 Å². The molecule has 0 spiro atoms. The average molecular weight is 592 g/mol. The van der Waals surface area contributed by atoms with Crippen LogP contribution in [0.1, 0.15) is 62.8 Å². The molecule has 4 N–H and O–H groups in total. The Kier molecular flexibility index (Phi) is 14.3. The molecule has 0 unspecified atom stereocenters. The van der Waals surface area contributed by atoms with Crippen LogP contribution >= 0.6 is 31.8 Å². The number of fused-ring (bicyclic) bond motifs is 4. The van der Waals surface area contributed by atoms with Gasteiger partial charge in [-0.1, -0.05) is 37.3 Å². The Balaban J connectivity index is 0.00000108. The van der Waals surface area contributed by atoms with Gasteiger partial charge in [-0.15, -0.1) is 0 Å². The van der Waals surface area contributed by atoms with Gasteiger partial charge in [-0.25, -0.2) is 4.98 Å². The summed E-state index contributed by atoms with van der Waals surface area (Å²) in [6.45, 7) is 4.41. The van der Waals surface area contributed by atoms with E-state index in [-0.39, 0.29) is 13.1 Å². The van der Waals surface area contributed by atoms with Gasteiger partial charge in [-0.3, -0.25) is 0 Å². The molecule has 11 heteroatoms. The SMILES string of the molecule is COCCOc1cc(Cl)c2nc1CN[C@@H]1CCCC[C@H]1NCCN[C@@H]1CCCC[C@H]1NC2.[Cl][Mn][Cl]. The van der Waals surface area contributed by atoms with Gasteiger partial charge >= 0.3 is 33.3 Å². The van der Waals surface area contributed by atoms with E-state index in [2.05, 4.69) is 21.3 Å². The Morgan fingerprint density at radius 2 is 1.31 bits per heavy atom. The molecule has 0 aromatic carbocycles. The van der Waals surface area contributed by atoms with Crippen LogP contribution in [0.2, 0.25) is 5.02 Å². The predicted molar refractivity (Wildman–Crippen MR) is 140 cm³/mol. The Hall–Kier alpha value is 0.139. The van der Waals surface area contributed by atoms with Gasteiger partial charge in [-0.05, 0) is 25.7 Å². The second-order valence-corrected chi connectivity index (χ2v) is 11.8. The summed E-state index contributed by atoms with van der Waals surface area (Å²) in [6.07, 6.45) is 9.99. The summed E-state index contributed by atoms with van der Waals surface area (Å²) in [5.41, 5.74) is 1.83. The van der Waals surface area contributed by atoms with Crippen LogP contribution in [-0.4, -0.2) is 62.6 Å². The fourth-order valence-corrected chi connectivity index (χ4v) is 5.58. The summed E-state index contributed by atoms with van der Waals surface area (Å²) >= 11 is 6.66. The standard InChI is InChI=1S/C24H40ClN5O2.2ClH.Mn/c1-31-12-13-32-24-14-17(25)22-15-28-20-8-4-2-6-18(20)26-10-11-27-19-7-3-5-9-21(19)29-16-23(24)30-22;;;/h14,18-21,26-29H,2-13,15-16H2,1H3;2*1H;/q;;;+2/p-2/t18-,19-,20-,21-;;;/m1.../s1. The molecule has 7 nitrogen and oxygen atoms in total. The summed E-state index contributed by atoms with van der Waals surface area (Å²) in [6, 6.07) is 3.84. The van der Waals surface area contributed by atoms with E-state index < -0.39 is 0 Å². The van der Waals surface area contributed by atoms with Crippen LogP contribution in [0.5, 0.6) is 5.75 Å². The van der Waals surface area contributed by atoms with Gasteiger partial charge < -0.3 is 30.7 Å². The van der Waals surface area contributed by atoms with Crippen molar-refractivity contribution in [2.24, 2.45) is 0 Å². The summed E-state index contributed by atoms with van der Waals surface area (Å²) in [5, 5.41) is 15.8. The van der Waals surface area contributed by atoms with Crippen molar-refractivity contribution in [3.05, 3.63) is 22.5 Å². The number of nitrogens with one attached hydrogen (secondary N) is 4. The number of rotatable bonds is 4. The first-order chi connectivity index (χ1) is 17.2. The van der Waals surface area contributed by atoms with E-state index in [1.165, 1.54) is 51.4 Å². The van der Waals surface area contributed by atoms with Gasteiger partial charge in [-0.2, -0.15) is 0 Å². The maximum atomic E-state index is 6.65. The van der Waals surface area contributed by atoms with Gasteiger partial charge in [0.2, 0.25) is 0 Å². The zero-order valence-electron chi connectivity index (χ0n) is 20.6. The molecule has 1 aromatic rings. The average Bonchev–Trinajstić information content (AvgIpc) is 2.87. The monoisotopic (exact) mass is 590 g/mol. The first-order valence-electron chi connectivity index (χ1n) is 12.8. The van der Waals surface area contributed by atoms with E-state index in [1.54, 1.807) is 7.11 Å². The number of hydrogen-bond acceptors (Lipinski definition) is 7. The van der Waals surface area contributed by atoms with Gasteiger partial charge in [0.1, 0.15) is 12.4 Å². The molecule has 2 heterocycles. The minimum absolute atomic E-state index is 0.00694. The third-order valence-corrected chi connectivity index (χ3v) is 7.49. The third-order valence-electron chi connectivity index (χ3n) is 7.17. The number of pyridine rings is 1. The Labute approximate surface area is 230 Å². The van der Waals surface area contributed by atoms with E-state index in [0.29, 0.717) is 55.5 Å². The summed E-state index contributed by atoms with van der Waals surface area (Å²) < 4.78 is 11.1. The molecule has 2 saturated carbocycles. The van der Waals surface area contributed by atoms with Gasteiger partial charge in [0.05, 0.1) is 23.0 Å². The van der Waals surface area contributed by atoms with Gasteiger partial charge in [0.25, 0.3) is 0 Å². The third kappa shape index (κ3) is 9.75. The van der Waals surface area contributed by atoms with Crippen molar-refractivity contribution in [3.63, 3.8) is 0 Å². The van der Waals surface area contributed by atoms with Crippen LogP contribution in [0.4, 0.5) is 0 Å². The number of methoxy groups -OCH3 is 1. The first kappa shape index (κ1) is 29.7. The van der Waals surface area contributed by atoms with Crippen LogP contribution in [-0.2, 0) is 31.0 Å². The number of halogens is 3. The van der Waals surface area contributed by atoms with Crippen molar-refractivity contribution in [2.75, 3.05) is 33.4 Å². The molecule has 2 fully saturated rings. The fraction of sp³-hybridized carbons (Fsp3) is 0.792. The molecule has 35 heavy (non-hydrogen) atoms. The summed E-state index contributed by atoms with van der Waals surface area (Å²) in [7, 11) is 11.3. The second-order valence-electron chi connectivity index (χ2n) is 9.42. The van der Waals surface area contributed by atoms with Crippen molar-refractivity contribution in [3.8, 4) is 5.75 Å². The minimum atomic E-state index is 0.00694. The summed E-state index contributed by atoms with van der Waals surface area (Å²) in [5.74, 6) is 0.755. The summed E-state index contributed by atoms with van der Waals surface area (Å²) in [4.78, 5) is 4.97. The molecule has 3 aliphatic rings. The maximum absolute atomic E-state index is 6.65. The molecule has 4 atom stereocenters. The van der Waals surface area contributed by atoms with Crippen LogP contribution < -0.4 is 26.0 Å². The zero-order chi connectivity index (χ0) is 24.9. The van der Waals surface area contributed by atoms with E-state index >= 15 is 0 Å². The van der Waals surface area contributed by atoms with Crippen molar-refractivity contribution < 1.29 is 22.6 Å². The van der Waals surface area contributed by atoms with Crippen molar-refractivity contribution in [1.82, 2.24) is 26.3 Å². The van der Waals surface area contributed by atoms with Crippen LogP contribution in [0.25, 0.3) is 0 Å². The van der Waals surface area contributed by atoms with E-state index in [4.69, 9.17) is 46.3 Å². The zero-order valence-corrected chi connectivity index (χ0v) is 24.0. The molecule has 2 aliphatic carbocycles. The Bertz CT molecular complexity index is 751. The molecule has 0 radical (unpaired) electrons. The normalized spacial score (nSPS) is 27.8. The molecular formula is C24H40Cl3MnN5O2. The topological polar surface area (TPSA) is 79.5 Å². The van der Waals surface area contributed by atoms with Crippen LogP contribution in [0, 0.1) is 0 Å². The molecule has 0 amide bonds.